The van der Waals surface area contributed by atoms with Crippen molar-refractivity contribution < 1.29 is 9.18 Å². The van der Waals surface area contributed by atoms with Crippen LogP contribution >= 0.6 is 35.9 Å². The Hall–Kier alpha value is -1.21. The average molecular weight is 425 g/mol. The fourth-order valence-electron chi connectivity index (χ4n) is 3.46. The van der Waals surface area contributed by atoms with E-state index in [4.69, 9.17) is 0 Å². The molecule has 1 atom stereocenters. The summed E-state index contributed by atoms with van der Waals surface area (Å²) in [6.07, 6.45) is 0. The Balaban J connectivity index is 0.00000210. The lowest BCUT2D eigenvalue weighted by molar-refractivity contribution is 0.0634. The molecule has 2 heterocycles. The molecule has 0 saturated carbocycles. The molecule has 3 nitrogen and oxygen atoms in total. The number of benzene rings is 2. The first-order chi connectivity index (χ1) is 12.7. The van der Waals surface area contributed by atoms with Gasteiger partial charge in [0.15, 0.2) is 0 Å². The highest BCUT2D eigenvalue weighted by Gasteiger charge is 2.29. The van der Waals surface area contributed by atoms with Crippen LogP contribution in [0.5, 0.6) is 0 Å². The molecular weight excluding hydrogens is 403 g/mol. The Morgan fingerprint density at radius 3 is 2.52 bits per heavy atom. The minimum Gasteiger partial charge on any atom is -0.329 e. The van der Waals surface area contributed by atoms with Crippen molar-refractivity contribution in [2.75, 3.05) is 31.1 Å². The van der Waals surface area contributed by atoms with E-state index in [1.54, 1.807) is 6.07 Å². The number of amides is 1. The van der Waals surface area contributed by atoms with Crippen molar-refractivity contribution in [1.82, 2.24) is 10.2 Å². The quantitative estimate of drug-likeness (QED) is 0.785. The molecule has 2 aliphatic heterocycles. The molecule has 27 heavy (non-hydrogen) atoms. The largest absolute Gasteiger partial charge is 0.329 e. The van der Waals surface area contributed by atoms with E-state index in [1.165, 1.54) is 29.2 Å². The van der Waals surface area contributed by atoms with Gasteiger partial charge in [-0.25, -0.2) is 4.39 Å². The van der Waals surface area contributed by atoms with Crippen LogP contribution in [0.3, 0.4) is 0 Å². The molecule has 0 aromatic heterocycles. The van der Waals surface area contributed by atoms with Crippen molar-refractivity contribution in [2.45, 2.75) is 10.6 Å². The Bertz CT molecular complexity index is 784. The highest BCUT2D eigenvalue weighted by molar-refractivity contribution is 8.19. The number of nitrogens with zero attached hydrogens (tertiary/aromatic N) is 1. The van der Waals surface area contributed by atoms with Crippen molar-refractivity contribution >= 4 is 41.8 Å². The summed E-state index contributed by atoms with van der Waals surface area (Å²) in [5.74, 6) is 2.12. The molecule has 4 rings (SSSR count). The molecule has 1 unspecified atom stereocenters. The van der Waals surface area contributed by atoms with Crippen molar-refractivity contribution in [3.05, 3.63) is 71.0 Å². The molecule has 1 amide bonds. The predicted molar refractivity (Wildman–Crippen MR) is 114 cm³/mol. The molecule has 2 aliphatic rings. The molecular formula is C20H22ClFN2OS2. The van der Waals surface area contributed by atoms with Crippen LogP contribution in [0, 0.1) is 5.82 Å². The third-order valence-corrected chi connectivity index (χ3v) is 7.89. The van der Waals surface area contributed by atoms with E-state index < -0.39 is 0 Å². The summed E-state index contributed by atoms with van der Waals surface area (Å²) >= 11 is 3.92. The standard InChI is InChI=1S/C20H21FN2OS2.ClH/c21-17-3-1-2-16(12-17)18-13-22-8-9-23(18)19(24)14-4-6-15(7-5-14)20-25-10-11-26-20;/h1-7,12,18,20,22H,8-11,13H2;1H. The van der Waals surface area contributed by atoms with Gasteiger partial charge in [0.1, 0.15) is 5.82 Å². The lowest BCUT2D eigenvalue weighted by Gasteiger charge is -2.36. The van der Waals surface area contributed by atoms with Crippen LogP contribution in [-0.2, 0) is 0 Å². The minimum absolute atomic E-state index is 0. The third kappa shape index (κ3) is 4.62. The molecule has 2 aromatic rings. The zero-order valence-corrected chi connectivity index (χ0v) is 17.2. The Morgan fingerprint density at radius 1 is 1.07 bits per heavy atom. The number of carbonyl (C=O) groups is 1. The van der Waals surface area contributed by atoms with Crippen LogP contribution in [0.1, 0.15) is 32.1 Å². The van der Waals surface area contributed by atoms with E-state index in [0.29, 0.717) is 23.2 Å². The van der Waals surface area contributed by atoms with E-state index >= 15 is 0 Å². The molecule has 7 heteroatoms. The van der Waals surface area contributed by atoms with Gasteiger partial charge < -0.3 is 10.2 Å². The molecule has 2 fully saturated rings. The fourth-order valence-corrected chi connectivity index (χ4v) is 6.32. The zero-order valence-electron chi connectivity index (χ0n) is 14.8. The smallest absolute Gasteiger partial charge is 0.254 e. The first-order valence-electron chi connectivity index (χ1n) is 8.83. The Morgan fingerprint density at radius 2 is 1.81 bits per heavy atom. The first-order valence-corrected chi connectivity index (χ1v) is 10.9. The van der Waals surface area contributed by atoms with Gasteiger partial charge in [-0.2, -0.15) is 0 Å². The van der Waals surface area contributed by atoms with Gasteiger partial charge >= 0.3 is 0 Å². The van der Waals surface area contributed by atoms with E-state index in [9.17, 15) is 9.18 Å². The van der Waals surface area contributed by atoms with Gasteiger partial charge in [-0.05, 0) is 35.4 Å². The van der Waals surface area contributed by atoms with Crippen LogP contribution < -0.4 is 5.32 Å². The summed E-state index contributed by atoms with van der Waals surface area (Å²) in [5, 5.41) is 3.31. The summed E-state index contributed by atoms with van der Waals surface area (Å²) in [6, 6.07) is 14.4. The summed E-state index contributed by atoms with van der Waals surface area (Å²) in [4.78, 5) is 15.0. The van der Waals surface area contributed by atoms with Gasteiger partial charge in [-0.3, -0.25) is 4.79 Å². The highest BCUT2D eigenvalue weighted by Crippen LogP contribution is 2.45. The molecule has 0 aliphatic carbocycles. The number of hydrogen-bond acceptors (Lipinski definition) is 4. The monoisotopic (exact) mass is 424 g/mol. The second-order valence-corrected chi connectivity index (χ2v) is 9.19. The highest BCUT2D eigenvalue weighted by atomic mass is 35.5. The van der Waals surface area contributed by atoms with Gasteiger partial charge in [-0.15, -0.1) is 35.9 Å². The number of carbonyl (C=O) groups excluding carboxylic acids is 1. The maximum absolute atomic E-state index is 13.6. The van der Waals surface area contributed by atoms with E-state index in [0.717, 1.165) is 12.1 Å². The lowest BCUT2D eigenvalue weighted by Crippen LogP contribution is -2.48. The van der Waals surface area contributed by atoms with Crippen LogP contribution in [-0.4, -0.2) is 41.9 Å². The van der Waals surface area contributed by atoms with Crippen LogP contribution in [0.15, 0.2) is 48.5 Å². The van der Waals surface area contributed by atoms with Crippen molar-refractivity contribution in [3.8, 4) is 0 Å². The molecule has 1 N–H and O–H groups in total. The van der Waals surface area contributed by atoms with Crippen molar-refractivity contribution in [2.24, 2.45) is 0 Å². The van der Waals surface area contributed by atoms with Crippen LogP contribution in [0.25, 0.3) is 0 Å². The number of thioether (sulfide) groups is 2. The zero-order chi connectivity index (χ0) is 17.9. The number of hydrogen-bond donors (Lipinski definition) is 1. The summed E-state index contributed by atoms with van der Waals surface area (Å²) in [6.45, 7) is 2.02. The van der Waals surface area contributed by atoms with Gasteiger partial charge in [-0.1, -0.05) is 24.3 Å². The number of halogens is 2. The second kappa shape index (κ2) is 9.32. The molecule has 2 saturated heterocycles. The number of rotatable bonds is 3. The van der Waals surface area contributed by atoms with Gasteiger partial charge in [0.25, 0.3) is 5.91 Å². The molecule has 144 valence electrons. The maximum Gasteiger partial charge on any atom is 0.254 e. The van der Waals surface area contributed by atoms with Crippen LogP contribution in [0.2, 0.25) is 0 Å². The second-order valence-electron chi connectivity index (χ2n) is 6.47. The molecule has 0 radical (unpaired) electrons. The summed E-state index contributed by atoms with van der Waals surface area (Å²) in [5.41, 5.74) is 2.81. The molecule has 2 aromatic carbocycles. The fraction of sp³-hybridized carbons (Fsp3) is 0.350. The summed E-state index contributed by atoms with van der Waals surface area (Å²) in [7, 11) is 0. The van der Waals surface area contributed by atoms with E-state index in [2.05, 4.69) is 17.4 Å². The first kappa shape index (κ1) is 20.5. The summed E-state index contributed by atoms with van der Waals surface area (Å²) < 4.78 is 14.1. The Kier molecular flexibility index (Phi) is 7.09. The molecule has 0 bridgehead atoms. The van der Waals surface area contributed by atoms with E-state index in [1.807, 2.05) is 46.6 Å². The lowest BCUT2D eigenvalue weighted by atomic mass is 10.0. The topological polar surface area (TPSA) is 32.3 Å². The Labute approximate surface area is 173 Å². The SMILES string of the molecule is Cl.O=C(c1ccc(C2SCCS2)cc1)N1CCNCC1c1cccc(F)c1. The van der Waals surface area contributed by atoms with E-state index in [-0.39, 0.29) is 30.2 Å². The maximum atomic E-state index is 13.6. The van der Waals surface area contributed by atoms with Gasteiger partial charge in [0.2, 0.25) is 0 Å². The third-order valence-electron chi connectivity index (χ3n) is 4.79. The van der Waals surface area contributed by atoms with Crippen LogP contribution in [0.4, 0.5) is 4.39 Å². The minimum atomic E-state index is -0.267. The average Bonchev–Trinajstić information content (AvgIpc) is 3.22. The predicted octanol–water partition coefficient (Wildman–Crippen LogP) is 4.51. The normalized spacial score (nSPS) is 20.3. The van der Waals surface area contributed by atoms with Crippen molar-refractivity contribution in [3.63, 3.8) is 0 Å². The number of nitrogens with one attached hydrogen (secondary N) is 1. The van der Waals surface area contributed by atoms with Crippen molar-refractivity contribution in [1.29, 1.82) is 0 Å². The van der Waals surface area contributed by atoms with Gasteiger partial charge in [0, 0.05) is 36.7 Å². The van der Waals surface area contributed by atoms with Gasteiger partial charge in [0.05, 0.1) is 10.6 Å². The molecule has 0 spiro atoms. The number of piperazine rings is 1.